The molecule has 2 rings (SSSR count). The summed E-state index contributed by atoms with van der Waals surface area (Å²) >= 11 is 0. The summed E-state index contributed by atoms with van der Waals surface area (Å²) in [5.41, 5.74) is 6.34. The van der Waals surface area contributed by atoms with Crippen LogP contribution >= 0.6 is 0 Å². The molecule has 2 N–H and O–H groups in total. The van der Waals surface area contributed by atoms with Gasteiger partial charge in [0.25, 0.3) is 0 Å². The van der Waals surface area contributed by atoms with E-state index in [2.05, 4.69) is 16.8 Å². The molecule has 0 amide bonds. The second-order valence-corrected chi connectivity index (χ2v) is 5.10. The third kappa shape index (κ3) is 2.47. The first-order chi connectivity index (χ1) is 6.74. The first-order valence-electron chi connectivity index (χ1n) is 5.85. The number of likely N-dealkylation sites (N-methyl/N-ethyl adjacent to an activating group) is 1. The van der Waals surface area contributed by atoms with Crippen LogP contribution in [0.2, 0.25) is 0 Å². The first kappa shape index (κ1) is 10.4. The fraction of sp³-hybridized carbons (Fsp3) is 1.00. The zero-order chi connectivity index (χ0) is 10.0. The quantitative estimate of drug-likeness (QED) is 0.706. The van der Waals surface area contributed by atoms with Crippen molar-refractivity contribution in [2.45, 2.75) is 19.3 Å². The van der Waals surface area contributed by atoms with Crippen LogP contribution in [0.15, 0.2) is 0 Å². The molecule has 0 aromatic carbocycles. The summed E-state index contributed by atoms with van der Waals surface area (Å²) in [5, 5.41) is 0. The molecule has 1 aliphatic heterocycles. The Bertz CT molecular complexity index is 181. The molecule has 1 heterocycles. The minimum atomic E-state index is 0.559. The smallest absolute Gasteiger partial charge is 0.0110 e. The van der Waals surface area contributed by atoms with Crippen LogP contribution < -0.4 is 5.73 Å². The van der Waals surface area contributed by atoms with Gasteiger partial charge in [-0.1, -0.05) is 0 Å². The van der Waals surface area contributed by atoms with Crippen molar-refractivity contribution in [1.82, 2.24) is 9.80 Å². The molecule has 1 saturated heterocycles. The van der Waals surface area contributed by atoms with Crippen LogP contribution in [0.1, 0.15) is 19.3 Å². The van der Waals surface area contributed by atoms with E-state index in [0.29, 0.717) is 5.41 Å². The molecule has 14 heavy (non-hydrogen) atoms. The van der Waals surface area contributed by atoms with Crippen molar-refractivity contribution >= 4 is 0 Å². The fourth-order valence-electron chi connectivity index (χ4n) is 2.20. The van der Waals surface area contributed by atoms with E-state index < -0.39 is 0 Å². The van der Waals surface area contributed by atoms with E-state index in [1.54, 1.807) is 0 Å². The molecule has 0 bridgehead atoms. The van der Waals surface area contributed by atoms with Crippen LogP contribution in [-0.2, 0) is 0 Å². The molecule has 1 aliphatic carbocycles. The van der Waals surface area contributed by atoms with E-state index in [0.717, 1.165) is 6.54 Å². The number of piperazine rings is 1. The van der Waals surface area contributed by atoms with Gasteiger partial charge in [0.1, 0.15) is 0 Å². The SMILES string of the molecule is CN1CCN(CCC2(CN)CC2)CC1. The summed E-state index contributed by atoms with van der Waals surface area (Å²) in [6.07, 6.45) is 4.07. The summed E-state index contributed by atoms with van der Waals surface area (Å²) in [7, 11) is 2.21. The van der Waals surface area contributed by atoms with Gasteiger partial charge in [-0.05, 0) is 44.8 Å². The predicted octanol–water partition coefficient (Wildman–Crippen LogP) is 0.363. The molecule has 3 nitrogen and oxygen atoms in total. The molecule has 0 aromatic rings. The predicted molar refractivity (Wildman–Crippen MR) is 59.3 cm³/mol. The van der Waals surface area contributed by atoms with Crippen LogP contribution in [0.5, 0.6) is 0 Å². The number of hydrogen-bond donors (Lipinski definition) is 1. The minimum Gasteiger partial charge on any atom is -0.330 e. The Morgan fingerprint density at radius 1 is 1.14 bits per heavy atom. The Kier molecular flexibility index (Phi) is 3.10. The summed E-state index contributed by atoms with van der Waals surface area (Å²) in [5.74, 6) is 0. The third-order valence-corrected chi connectivity index (χ3v) is 3.94. The lowest BCUT2D eigenvalue weighted by Gasteiger charge is -2.33. The molecule has 0 spiro atoms. The van der Waals surface area contributed by atoms with Crippen LogP contribution in [-0.4, -0.2) is 56.1 Å². The van der Waals surface area contributed by atoms with Crippen LogP contribution in [0.25, 0.3) is 0 Å². The molecule has 1 saturated carbocycles. The van der Waals surface area contributed by atoms with E-state index in [1.165, 1.54) is 52.0 Å². The average molecular weight is 197 g/mol. The maximum Gasteiger partial charge on any atom is 0.0110 e. The highest BCUT2D eigenvalue weighted by atomic mass is 15.2. The molecule has 2 fully saturated rings. The summed E-state index contributed by atoms with van der Waals surface area (Å²) in [6.45, 7) is 7.13. The molecular weight excluding hydrogens is 174 g/mol. The van der Waals surface area contributed by atoms with Crippen LogP contribution in [0, 0.1) is 5.41 Å². The number of nitrogens with zero attached hydrogens (tertiary/aromatic N) is 2. The average Bonchev–Trinajstić information content (AvgIpc) is 2.98. The Labute approximate surface area is 87.2 Å². The molecule has 0 radical (unpaired) electrons. The Balaban J connectivity index is 1.66. The standard InChI is InChI=1S/C11H23N3/c1-13-6-8-14(9-7-13)5-4-11(10-12)2-3-11/h2-10,12H2,1H3. The van der Waals surface area contributed by atoms with E-state index in [9.17, 15) is 0 Å². The van der Waals surface area contributed by atoms with E-state index in [1.807, 2.05) is 0 Å². The first-order valence-corrected chi connectivity index (χ1v) is 5.85. The highest BCUT2D eigenvalue weighted by Crippen LogP contribution is 2.47. The highest BCUT2D eigenvalue weighted by Gasteiger charge is 2.40. The minimum absolute atomic E-state index is 0.559. The van der Waals surface area contributed by atoms with Gasteiger partial charge < -0.3 is 15.5 Å². The van der Waals surface area contributed by atoms with Crippen LogP contribution in [0.4, 0.5) is 0 Å². The summed E-state index contributed by atoms with van der Waals surface area (Å²) in [6, 6.07) is 0. The van der Waals surface area contributed by atoms with Crippen molar-refractivity contribution < 1.29 is 0 Å². The maximum absolute atomic E-state index is 5.78. The van der Waals surface area contributed by atoms with Gasteiger partial charge >= 0.3 is 0 Å². The normalized spacial score (nSPS) is 27.9. The molecule has 3 heteroatoms. The largest absolute Gasteiger partial charge is 0.330 e. The number of nitrogens with two attached hydrogens (primary N) is 1. The van der Waals surface area contributed by atoms with Crippen molar-refractivity contribution in [1.29, 1.82) is 0 Å². The third-order valence-electron chi connectivity index (χ3n) is 3.94. The van der Waals surface area contributed by atoms with Gasteiger partial charge in [-0.3, -0.25) is 0 Å². The van der Waals surface area contributed by atoms with Gasteiger partial charge in [0.2, 0.25) is 0 Å². The second-order valence-electron chi connectivity index (χ2n) is 5.10. The maximum atomic E-state index is 5.78. The molecule has 2 aliphatic rings. The summed E-state index contributed by atoms with van der Waals surface area (Å²) in [4.78, 5) is 5.00. The monoisotopic (exact) mass is 197 g/mol. The van der Waals surface area contributed by atoms with Crippen molar-refractivity contribution in [2.24, 2.45) is 11.1 Å². The van der Waals surface area contributed by atoms with Crippen molar-refractivity contribution in [3.05, 3.63) is 0 Å². The fourth-order valence-corrected chi connectivity index (χ4v) is 2.20. The van der Waals surface area contributed by atoms with Gasteiger partial charge in [-0.15, -0.1) is 0 Å². The van der Waals surface area contributed by atoms with E-state index in [4.69, 9.17) is 5.73 Å². The van der Waals surface area contributed by atoms with Crippen LogP contribution in [0.3, 0.4) is 0 Å². The molecule has 0 unspecified atom stereocenters. The molecule has 82 valence electrons. The van der Waals surface area contributed by atoms with Gasteiger partial charge in [0.15, 0.2) is 0 Å². The lowest BCUT2D eigenvalue weighted by molar-refractivity contribution is 0.145. The van der Waals surface area contributed by atoms with Gasteiger partial charge in [-0.25, -0.2) is 0 Å². The Morgan fingerprint density at radius 3 is 2.29 bits per heavy atom. The topological polar surface area (TPSA) is 32.5 Å². The Morgan fingerprint density at radius 2 is 1.79 bits per heavy atom. The molecule has 0 aromatic heterocycles. The van der Waals surface area contributed by atoms with Crippen molar-refractivity contribution in [3.8, 4) is 0 Å². The van der Waals surface area contributed by atoms with Gasteiger partial charge in [0.05, 0.1) is 0 Å². The number of hydrogen-bond acceptors (Lipinski definition) is 3. The lowest BCUT2D eigenvalue weighted by Crippen LogP contribution is -2.45. The molecular formula is C11H23N3. The zero-order valence-electron chi connectivity index (χ0n) is 9.34. The molecule has 0 atom stereocenters. The highest BCUT2D eigenvalue weighted by molar-refractivity contribution is 4.94. The van der Waals surface area contributed by atoms with E-state index in [-0.39, 0.29) is 0 Å². The lowest BCUT2D eigenvalue weighted by atomic mass is 10.0. The van der Waals surface area contributed by atoms with Gasteiger partial charge in [-0.2, -0.15) is 0 Å². The van der Waals surface area contributed by atoms with Crippen molar-refractivity contribution in [2.75, 3.05) is 46.3 Å². The van der Waals surface area contributed by atoms with E-state index >= 15 is 0 Å². The summed E-state index contributed by atoms with van der Waals surface area (Å²) < 4.78 is 0. The number of rotatable bonds is 4. The zero-order valence-corrected chi connectivity index (χ0v) is 9.34. The Hall–Kier alpha value is -0.120. The second kappa shape index (κ2) is 4.17. The van der Waals surface area contributed by atoms with Crippen molar-refractivity contribution in [3.63, 3.8) is 0 Å². The van der Waals surface area contributed by atoms with Gasteiger partial charge in [0, 0.05) is 26.2 Å².